The Kier molecular flexibility index (Phi) is 6.71. The largest absolute Gasteiger partial charge is 0.387 e. The van der Waals surface area contributed by atoms with Crippen molar-refractivity contribution in [3.8, 4) is 0 Å². The molecule has 3 heterocycles. The van der Waals surface area contributed by atoms with Crippen molar-refractivity contribution in [1.82, 2.24) is 20.2 Å². The second-order valence-corrected chi connectivity index (χ2v) is 8.11. The monoisotopic (exact) mass is 397 g/mol. The van der Waals surface area contributed by atoms with E-state index in [1.807, 2.05) is 6.07 Å². The second-order valence-electron chi connectivity index (χ2n) is 8.11. The molecule has 156 valence electrons. The summed E-state index contributed by atoms with van der Waals surface area (Å²) in [5, 5.41) is 14.5. The average Bonchev–Trinajstić information content (AvgIpc) is 2.75. The number of ether oxygens (including phenoxy) is 1. The number of morpholine rings is 1. The van der Waals surface area contributed by atoms with E-state index >= 15 is 0 Å². The number of hydrogen-bond donors (Lipinski definition) is 2. The Morgan fingerprint density at radius 1 is 1.07 bits per heavy atom. The third-order valence-corrected chi connectivity index (χ3v) is 5.67. The van der Waals surface area contributed by atoms with Crippen molar-refractivity contribution in [1.29, 1.82) is 0 Å². The Labute approximate surface area is 172 Å². The summed E-state index contributed by atoms with van der Waals surface area (Å²) in [5.41, 5.74) is 1.82. The molecule has 0 aliphatic carbocycles. The number of anilines is 1. The Hall–Kier alpha value is -2.06. The van der Waals surface area contributed by atoms with Gasteiger partial charge in [-0.2, -0.15) is 0 Å². The molecule has 2 aromatic rings. The number of aromatic nitrogens is 2. The Morgan fingerprint density at radius 2 is 1.86 bits per heavy atom. The lowest BCUT2D eigenvalue weighted by molar-refractivity contribution is 0.0256. The van der Waals surface area contributed by atoms with Crippen LogP contribution in [0.3, 0.4) is 0 Å². The fourth-order valence-corrected chi connectivity index (χ4v) is 4.18. The molecule has 1 atom stereocenters. The van der Waals surface area contributed by atoms with Gasteiger partial charge in [-0.05, 0) is 30.0 Å². The van der Waals surface area contributed by atoms with E-state index in [0.717, 1.165) is 58.8 Å². The van der Waals surface area contributed by atoms with Crippen LogP contribution in [0, 0.1) is 0 Å². The van der Waals surface area contributed by atoms with Gasteiger partial charge in [0, 0.05) is 51.7 Å². The minimum Gasteiger partial charge on any atom is -0.387 e. The van der Waals surface area contributed by atoms with Gasteiger partial charge >= 0.3 is 0 Å². The molecule has 2 N–H and O–H groups in total. The maximum atomic E-state index is 11.1. The topological polar surface area (TPSA) is 73.8 Å². The lowest BCUT2D eigenvalue weighted by atomic mass is 9.93. The molecule has 0 spiro atoms. The summed E-state index contributed by atoms with van der Waals surface area (Å²) in [6, 6.07) is 10.5. The quantitative estimate of drug-likeness (QED) is 0.732. The van der Waals surface area contributed by atoms with E-state index in [1.165, 1.54) is 11.1 Å². The van der Waals surface area contributed by atoms with Gasteiger partial charge in [0.25, 0.3) is 0 Å². The molecule has 0 saturated carbocycles. The number of hydrogen-bond acceptors (Lipinski definition) is 7. The zero-order chi connectivity index (χ0) is 19.9. The van der Waals surface area contributed by atoms with Gasteiger partial charge in [-0.1, -0.05) is 24.3 Å². The molecule has 2 saturated heterocycles. The molecule has 2 aliphatic rings. The van der Waals surface area contributed by atoms with Gasteiger partial charge in [-0.15, -0.1) is 0 Å². The first-order valence-corrected chi connectivity index (χ1v) is 10.5. The molecular formula is C22H31N5O2. The van der Waals surface area contributed by atoms with E-state index in [1.54, 1.807) is 12.4 Å². The number of benzene rings is 1. The van der Waals surface area contributed by atoms with Crippen LogP contribution in [0.1, 0.15) is 24.0 Å². The van der Waals surface area contributed by atoms with E-state index in [2.05, 4.69) is 49.4 Å². The van der Waals surface area contributed by atoms with Gasteiger partial charge in [0.2, 0.25) is 5.95 Å². The summed E-state index contributed by atoms with van der Waals surface area (Å²) in [5.74, 6) is 0.696. The minimum absolute atomic E-state index is 0.557. The second kappa shape index (κ2) is 9.63. The molecule has 2 fully saturated rings. The predicted molar refractivity (Wildman–Crippen MR) is 113 cm³/mol. The van der Waals surface area contributed by atoms with Crippen molar-refractivity contribution in [2.45, 2.75) is 31.5 Å². The fourth-order valence-electron chi connectivity index (χ4n) is 4.18. The van der Waals surface area contributed by atoms with Crippen LogP contribution >= 0.6 is 0 Å². The molecule has 2 aliphatic heterocycles. The molecule has 7 nitrogen and oxygen atoms in total. The van der Waals surface area contributed by atoms with Crippen molar-refractivity contribution in [3.63, 3.8) is 0 Å². The van der Waals surface area contributed by atoms with Gasteiger partial charge in [0.1, 0.15) is 0 Å². The first-order valence-electron chi connectivity index (χ1n) is 10.5. The van der Waals surface area contributed by atoms with E-state index < -0.39 is 5.60 Å². The van der Waals surface area contributed by atoms with Gasteiger partial charge in [-0.25, -0.2) is 9.97 Å². The summed E-state index contributed by atoms with van der Waals surface area (Å²) in [7, 11) is 0. The van der Waals surface area contributed by atoms with Crippen molar-refractivity contribution in [2.75, 3.05) is 50.8 Å². The Balaban J connectivity index is 1.28. The predicted octanol–water partition coefficient (Wildman–Crippen LogP) is 1.43. The molecule has 4 rings (SSSR count). The molecule has 0 unspecified atom stereocenters. The number of nitrogens with zero attached hydrogens (tertiary/aromatic N) is 4. The van der Waals surface area contributed by atoms with Gasteiger partial charge < -0.3 is 20.1 Å². The molecule has 1 aromatic heterocycles. The molecular weight excluding hydrogens is 366 g/mol. The van der Waals surface area contributed by atoms with Crippen LogP contribution in [0.2, 0.25) is 0 Å². The molecule has 0 radical (unpaired) electrons. The fraction of sp³-hybridized carbons (Fsp3) is 0.545. The molecule has 1 aromatic carbocycles. The summed E-state index contributed by atoms with van der Waals surface area (Å²) in [4.78, 5) is 13.2. The Morgan fingerprint density at radius 3 is 2.69 bits per heavy atom. The number of piperidine rings is 1. The van der Waals surface area contributed by atoms with E-state index in [0.29, 0.717) is 19.0 Å². The van der Waals surface area contributed by atoms with Crippen LogP contribution in [0.5, 0.6) is 0 Å². The maximum absolute atomic E-state index is 11.1. The van der Waals surface area contributed by atoms with Gasteiger partial charge in [-0.3, -0.25) is 4.90 Å². The lowest BCUT2D eigenvalue weighted by Gasteiger charge is -2.39. The summed E-state index contributed by atoms with van der Waals surface area (Å²) in [6.45, 7) is 7.36. The third kappa shape index (κ3) is 5.73. The van der Waals surface area contributed by atoms with Gasteiger partial charge in [0.05, 0.1) is 25.4 Å². The van der Waals surface area contributed by atoms with Crippen molar-refractivity contribution >= 4 is 5.95 Å². The first-order chi connectivity index (χ1) is 14.2. The van der Waals surface area contributed by atoms with E-state index in [9.17, 15) is 5.11 Å². The number of rotatable bonds is 7. The van der Waals surface area contributed by atoms with Crippen LogP contribution in [-0.4, -0.2) is 71.5 Å². The summed E-state index contributed by atoms with van der Waals surface area (Å²) in [6.07, 6.45) is 5.22. The Bertz CT molecular complexity index is 769. The highest BCUT2D eigenvalue weighted by Gasteiger charge is 2.33. The smallest absolute Gasteiger partial charge is 0.225 e. The summed E-state index contributed by atoms with van der Waals surface area (Å²) < 4.78 is 5.43. The zero-order valence-electron chi connectivity index (χ0n) is 17.0. The highest BCUT2D eigenvalue weighted by atomic mass is 16.5. The van der Waals surface area contributed by atoms with Crippen molar-refractivity contribution < 1.29 is 9.84 Å². The van der Waals surface area contributed by atoms with Crippen LogP contribution in [0.25, 0.3) is 0 Å². The van der Waals surface area contributed by atoms with Crippen LogP contribution < -0.4 is 10.2 Å². The highest BCUT2D eigenvalue weighted by molar-refractivity contribution is 5.30. The third-order valence-electron chi connectivity index (χ3n) is 5.67. The highest BCUT2D eigenvalue weighted by Crippen LogP contribution is 2.23. The minimum atomic E-state index is -0.761. The SMILES string of the molecule is O[C@]1(CNCc2cccc(CN3CCOCC3)c2)CCCN(c2ncccn2)C1. The van der Waals surface area contributed by atoms with Crippen LogP contribution in [0.15, 0.2) is 42.7 Å². The van der Waals surface area contributed by atoms with Gasteiger partial charge in [0.15, 0.2) is 0 Å². The lowest BCUT2D eigenvalue weighted by Crippen LogP contribution is -2.53. The van der Waals surface area contributed by atoms with E-state index in [4.69, 9.17) is 4.74 Å². The number of nitrogens with one attached hydrogen (secondary N) is 1. The van der Waals surface area contributed by atoms with Crippen molar-refractivity contribution in [3.05, 3.63) is 53.9 Å². The number of aliphatic hydroxyl groups is 1. The zero-order valence-corrected chi connectivity index (χ0v) is 17.0. The van der Waals surface area contributed by atoms with E-state index in [-0.39, 0.29) is 0 Å². The first kappa shape index (κ1) is 20.2. The molecule has 0 amide bonds. The number of β-amino-alcohol motifs (C(OH)–C–C–N with tert-alkyl or cyclic N) is 1. The molecule has 29 heavy (non-hydrogen) atoms. The van der Waals surface area contributed by atoms with Crippen LogP contribution in [-0.2, 0) is 17.8 Å². The molecule has 0 bridgehead atoms. The normalized spacial score (nSPS) is 23.3. The standard InChI is InChI=1S/C22H31N5O2/c28-22(6-2-9-27(18-22)21-24-7-3-8-25-21)17-23-15-19-4-1-5-20(14-19)16-26-10-12-29-13-11-26/h1,3-5,7-8,14,23,28H,2,6,9-13,15-18H2/t22-/m0/s1. The van der Waals surface area contributed by atoms with Crippen molar-refractivity contribution in [2.24, 2.45) is 0 Å². The summed E-state index contributed by atoms with van der Waals surface area (Å²) >= 11 is 0. The molecule has 7 heteroatoms. The average molecular weight is 398 g/mol. The van der Waals surface area contributed by atoms with Crippen LogP contribution in [0.4, 0.5) is 5.95 Å². The maximum Gasteiger partial charge on any atom is 0.225 e.